The lowest BCUT2D eigenvalue weighted by Gasteiger charge is -2.24. The minimum Gasteiger partial charge on any atom is -0.349 e. The summed E-state index contributed by atoms with van der Waals surface area (Å²) in [5.74, 6) is -0.506. The summed E-state index contributed by atoms with van der Waals surface area (Å²) in [6.07, 6.45) is 5.33. The number of halogens is 1. The summed E-state index contributed by atoms with van der Waals surface area (Å²) in [6.45, 7) is 1.90. The van der Waals surface area contributed by atoms with Crippen molar-refractivity contribution in [3.8, 4) is 0 Å². The maximum atomic E-state index is 13.0. The van der Waals surface area contributed by atoms with E-state index in [1.165, 1.54) is 18.2 Å². The molecule has 0 aliphatic heterocycles. The Labute approximate surface area is 158 Å². The van der Waals surface area contributed by atoms with E-state index in [0.717, 1.165) is 24.0 Å². The van der Waals surface area contributed by atoms with Crippen LogP contribution in [0.5, 0.6) is 0 Å². The van der Waals surface area contributed by atoms with Gasteiger partial charge in [0.15, 0.2) is 0 Å². The minimum absolute atomic E-state index is 0.0584. The van der Waals surface area contributed by atoms with E-state index >= 15 is 0 Å². The third-order valence-corrected chi connectivity index (χ3v) is 4.78. The number of rotatable bonds is 6. The summed E-state index contributed by atoms with van der Waals surface area (Å²) in [5, 5.41) is 2.95. The fourth-order valence-corrected chi connectivity index (χ4v) is 2.68. The molecule has 1 aliphatic rings. The molecule has 1 unspecified atom stereocenters. The highest BCUT2D eigenvalue weighted by Crippen LogP contribution is 2.20. The van der Waals surface area contributed by atoms with Gasteiger partial charge in [-0.2, -0.15) is 0 Å². The third kappa shape index (κ3) is 5.03. The quantitative estimate of drug-likeness (QED) is 0.787. The Morgan fingerprint density at radius 2 is 1.74 bits per heavy atom. The van der Waals surface area contributed by atoms with Crippen LogP contribution in [0.25, 0.3) is 6.08 Å². The first-order chi connectivity index (χ1) is 12.9. The largest absolute Gasteiger partial charge is 0.349 e. The first kappa shape index (κ1) is 18.8. The molecule has 3 rings (SSSR count). The van der Waals surface area contributed by atoms with E-state index < -0.39 is 0 Å². The molecule has 0 spiro atoms. The lowest BCUT2D eigenvalue weighted by atomic mass is 10.1. The maximum absolute atomic E-state index is 13.0. The molecule has 4 nitrogen and oxygen atoms in total. The number of nitrogens with one attached hydrogen (secondary N) is 1. The van der Waals surface area contributed by atoms with Gasteiger partial charge in [-0.25, -0.2) is 4.39 Å². The Morgan fingerprint density at radius 1 is 1.11 bits per heavy atom. The normalized spacial score (nSPS) is 14.8. The molecule has 2 aromatic carbocycles. The molecular weight excluding hydrogens is 343 g/mol. The highest BCUT2D eigenvalue weighted by Gasteiger charge is 2.23. The third-order valence-electron chi connectivity index (χ3n) is 4.78. The highest BCUT2D eigenvalue weighted by molar-refractivity contribution is 5.95. The fourth-order valence-electron chi connectivity index (χ4n) is 2.68. The van der Waals surface area contributed by atoms with Gasteiger partial charge in [0, 0.05) is 24.7 Å². The molecule has 0 aromatic heterocycles. The molecule has 2 aromatic rings. The van der Waals surface area contributed by atoms with Crippen molar-refractivity contribution in [3.63, 3.8) is 0 Å². The van der Waals surface area contributed by atoms with Crippen molar-refractivity contribution >= 4 is 17.9 Å². The fraction of sp³-hybridized carbons (Fsp3) is 0.273. The van der Waals surface area contributed by atoms with Gasteiger partial charge in [0.1, 0.15) is 5.82 Å². The molecule has 1 saturated carbocycles. The van der Waals surface area contributed by atoms with Crippen molar-refractivity contribution in [2.24, 2.45) is 0 Å². The monoisotopic (exact) mass is 366 g/mol. The zero-order valence-corrected chi connectivity index (χ0v) is 15.5. The Morgan fingerprint density at radius 3 is 2.33 bits per heavy atom. The SMILES string of the molecule is CC(c1ccc(F)cc1)N(C)C(=O)/C=C/c1ccc(C(=O)NC2CC2)cc1. The van der Waals surface area contributed by atoms with E-state index in [1.807, 2.05) is 19.1 Å². The van der Waals surface area contributed by atoms with Gasteiger partial charge in [-0.05, 0) is 61.2 Å². The second-order valence-corrected chi connectivity index (χ2v) is 6.88. The van der Waals surface area contributed by atoms with Crippen LogP contribution in [0.3, 0.4) is 0 Å². The van der Waals surface area contributed by atoms with Crippen molar-refractivity contribution in [2.45, 2.75) is 31.8 Å². The second-order valence-electron chi connectivity index (χ2n) is 6.88. The number of amides is 2. The van der Waals surface area contributed by atoms with Crippen molar-refractivity contribution in [1.29, 1.82) is 0 Å². The standard InChI is InChI=1S/C22H23FN2O2/c1-15(17-8-10-19(23)11-9-17)25(2)21(26)14-5-16-3-6-18(7-4-16)22(27)24-20-12-13-20/h3-11,14-15,20H,12-13H2,1-2H3,(H,24,27)/b14-5+. The molecule has 1 N–H and O–H groups in total. The van der Waals surface area contributed by atoms with Crippen LogP contribution in [0.15, 0.2) is 54.6 Å². The smallest absolute Gasteiger partial charge is 0.251 e. The molecule has 1 aliphatic carbocycles. The molecule has 0 radical (unpaired) electrons. The number of likely N-dealkylation sites (N-methyl/N-ethyl adjacent to an activating group) is 1. The number of benzene rings is 2. The summed E-state index contributed by atoms with van der Waals surface area (Å²) < 4.78 is 13.0. The van der Waals surface area contributed by atoms with E-state index in [0.29, 0.717) is 11.6 Å². The van der Waals surface area contributed by atoms with Crippen LogP contribution in [-0.2, 0) is 4.79 Å². The minimum atomic E-state index is -0.297. The number of nitrogens with zero attached hydrogens (tertiary/aromatic N) is 1. The van der Waals surface area contributed by atoms with Gasteiger partial charge in [0.2, 0.25) is 5.91 Å². The Bertz CT molecular complexity index is 840. The Balaban J connectivity index is 1.59. The zero-order chi connectivity index (χ0) is 19.4. The lowest BCUT2D eigenvalue weighted by Crippen LogP contribution is -2.27. The summed E-state index contributed by atoms with van der Waals surface area (Å²) >= 11 is 0. The van der Waals surface area contributed by atoms with E-state index in [2.05, 4.69) is 5.32 Å². The van der Waals surface area contributed by atoms with Crippen LogP contribution in [0.1, 0.15) is 47.3 Å². The zero-order valence-electron chi connectivity index (χ0n) is 15.5. The maximum Gasteiger partial charge on any atom is 0.251 e. The number of hydrogen-bond donors (Lipinski definition) is 1. The van der Waals surface area contributed by atoms with Gasteiger partial charge >= 0.3 is 0 Å². The van der Waals surface area contributed by atoms with Gasteiger partial charge in [-0.3, -0.25) is 9.59 Å². The second kappa shape index (κ2) is 8.16. The Kier molecular flexibility index (Phi) is 5.69. The summed E-state index contributed by atoms with van der Waals surface area (Å²) in [6, 6.07) is 13.4. The van der Waals surface area contributed by atoms with Crippen LogP contribution >= 0.6 is 0 Å². The van der Waals surface area contributed by atoms with Crippen LogP contribution in [-0.4, -0.2) is 29.8 Å². The van der Waals surface area contributed by atoms with Crippen molar-refractivity contribution < 1.29 is 14.0 Å². The number of hydrogen-bond acceptors (Lipinski definition) is 2. The molecule has 1 atom stereocenters. The van der Waals surface area contributed by atoms with Gasteiger partial charge in [-0.1, -0.05) is 24.3 Å². The van der Waals surface area contributed by atoms with Gasteiger partial charge in [-0.15, -0.1) is 0 Å². The van der Waals surface area contributed by atoms with E-state index in [-0.39, 0.29) is 23.7 Å². The average molecular weight is 366 g/mol. The van der Waals surface area contributed by atoms with Crippen molar-refractivity contribution in [1.82, 2.24) is 10.2 Å². The van der Waals surface area contributed by atoms with Crippen molar-refractivity contribution in [2.75, 3.05) is 7.05 Å². The molecule has 0 bridgehead atoms. The average Bonchev–Trinajstić information content (AvgIpc) is 3.50. The van der Waals surface area contributed by atoms with E-state index in [1.54, 1.807) is 42.3 Å². The Hall–Kier alpha value is -2.95. The molecule has 27 heavy (non-hydrogen) atoms. The van der Waals surface area contributed by atoms with Gasteiger partial charge in [0.25, 0.3) is 5.91 Å². The molecular formula is C22H23FN2O2. The first-order valence-electron chi connectivity index (χ1n) is 9.05. The van der Waals surface area contributed by atoms with Gasteiger partial charge < -0.3 is 10.2 Å². The topological polar surface area (TPSA) is 49.4 Å². The number of carbonyl (C=O) groups is 2. The summed E-state index contributed by atoms with van der Waals surface area (Å²) in [4.78, 5) is 26.0. The summed E-state index contributed by atoms with van der Waals surface area (Å²) in [7, 11) is 1.71. The highest BCUT2D eigenvalue weighted by atomic mass is 19.1. The predicted molar refractivity (Wildman–Crippen MR) is 104 cm³/mol. The van der Waals surface area contributed by atoms with Crippen LogP contribution in [0.2, 0.25) is 0 Å². The molecule has 0 heterocycles. The van der Waals surface area contributed by atoms with E-state index in [9.17, 15) is 14.0 Å². The molecule has 140 valence electrons. The lowest BCUT2D eigenvalue weighted by molar-refractivity contribution is -0.126. The predicted octanol–water partition coefficient (Wildman–Crippen LogP) is 3.95. The van der Waals surface area contributed by atoms with E-state index in [4.69, 9.17) is 0 Å². The molecule has 1 fully saturated rings. The number of carbonyl (C=O) groups excluding carboxylic acids is 2. The van der Waals surface area contributed by atoms with Crippen LogP contribution < -0.4 is 5.32 Å². The first-order valence-corrected chi connectivity index (χ1v) is 9.05. The van der Waals surface area contributed by atoms with Crippen LogP contribution in [0.4, 0.5) is 4.39 Å². The van der Waals surface area contributed by atoms with Gasteiger partial charge in [0.05, 0.1) is 6.04 Å². The van der Waals surface area contributed by atoms with Crippen LogP contribution in [0, 0.1) is 5.82 Å². The molecule has 0 saturated heterocycles. The summed E-state index contributed by atoms with van der Waals surface area (Å²) in [5.41, 5.74) is 2.33. The molecule has 2 amide bonds. The molecule has 5 heteroatoms. The van der Waals surface area contributed by atoms with Crippen molar-refractivity contribution in [3.05, 3.63) is 77.1 Å².